The first-order valence-electron chi connectivity index (χ1n) is 11.7. The van der Waals surface area contributed by atoms with E-state index in [2.05, 4.69) is 15.6 Å². The van der Waals surface area contributed by atoms with Gasteiger partial charge in [-0.2, -0.15) is 0 Å². The molecule has 1 saturated heterocycles. The molecule has 0 bridgehead atoms. The van der Waals surface area contributed by atoms with Crippen molar-refractivity contribution >= 4 is 28.5 Å². The van der Waals surface area contributed by atoms with E-state index in [0.29, 0.717) is 37.5 Å². The molecular formula is C25H29N5O3. The van der Waals surface area contributed by atoms with Gasteiger partial charge in [0.05, 0.1) is 18.7 Å². The van der Waals surface area contributed by atoms with Crippen LogP contribution in [0, 0.1) is 5.92 Å². The highest BCUT2D eigenvalue weighted by molar-refractivity contribution is 5.98. The minimum Gasteiger partial charge on any atom is -0.497 e. The lowest BCUT2D eigenvalue weighted by Crippen LogP contribution is -2.41. The van der Waals surface area contributed by atoms with E-state index in [1.54, 1.807) is 7.11 Å². The lowest BCUT2D eigenvalue weighted by atomic mass is 9.95. The lowest BCUT2D eigenvalue weighted by Gasteiger charge is -2.31. The van der Waals surface area contributed by atoms with E-state index < -0.39 is 0 Å². The molecule has 8 nitrogen and oxygen atoms in total. The molecule has 3 aromatic rings. The molecule has 33 heavy (non-hydrogen) atoms. The number of benzene rings is 2. The van der Waals surface area contributed by atoms with Crippen molar-refractivity contribution in [2.45, 2.75) is 44.6 Å². The minimum absolute atomic E-state index is 0.00258. The Morgan fingerprint density at radius 3 is 2.42 bits per heavy atom. The second-order valence-electron chi connectivity index (χ2n) is 8.96. The van der Waals surface area contributed by atoms with E-state index in [9.17, 15) is 9.59 Å². The number of hydrogen-bond acceptors (Lipinski definition) is 5. The maximum atomic E-state index is 13.1. The second-order valence-corrected chi connectivity index (χ2v) is 8.96. The van der Waals surface area contributed by atoms with E-state index in [1.807, 2.05) is 52.0 Å². The summed E-state index contributed by atoms with van der Waals surface area (Å²) >= 11 is 0. The zero-order valence-electron chi connectivity index (χ0n) is 18.9. The number of nitrogens with zero attached hydrogens (tertiary/aromatic N) is 4. The predicted octanol–water partition coefficient (Wildman–Crippen LogP) is 4.05. The van der Waals surface area contributed by atoms with Crippen molar-refractivity contribution in [1.29, 1.82) is 0 Å². The summed E-state index contributed by atoms with van der Waals surface area (Å²) in [6.45, 7) is 1.12. The molecule has 1 aliphatic heterocycles. The maximum absolute atomic E-state index is 13.1. The van der Waals surface area contributed by atoms with Crippen LogP contribution in [0.15, 0.2) is 42.5 Å². The van der Waals surface area contributed by atoms with E-state index in [0.717, 1.165) is 35.3 Å². The summed E-state index contributed by atoms with van der Waals surface area (Å²) < 4.78 is 7.17. The number of hydrogen-bond donors (Lipinski definition) is 1. The van der Waals surface area contributed by atoms with Crippen LogP contribution in [0.5, 0.6) is 5.75 Å². The monoisotopic (exact) mass is 447 g/mol. The van der Waals surface area contributed by atoms with Crippen molar-refractivity contribution in [3.8, 4) is 5.75 Å². The molecule has 0 spiro atoms. The molecule has 1 N–H and O–H groups in total. The van der Waals surface area contributed by atoms with Crippen LogP contribution in [0.1, 0.15) is 54.9 Å². The minimum atomic E-state index is -0.107. The van der Waals surface area contributed by atoms with Crippen molar-refractivity contribution in [3.05, 3.63) is 48.0 Å². The van der Waals surface area contributed by atoms with Crippen molar-refractivity contribution in [2.75, 3.05) is 25.5 Å². The second kappa shape index (κ2) is 9.21. The van der Waals surface area contributed by atoms with Crippen LogP contribution in [-0.4, -0.2) is 51.9 Å². The summed E-state index contributed by atoms with van der Waals surface area (Å²) in [6, 6.07) is 13.4. The van der Waals surface area contributed by atoms with Gasteiger partial charge >= 0.3 is 0 Å². The number of nitrogens with one attached hydrogen (secondary N) is 1. The third-order valence-electron chi connectivity index (χ3n) is 6.90. The van der Waals surface area contributed by atoms with Gasteiger partial charge in [-0.05, 0) is 68.1 Å². The fraction of sp³-hybridized carbons (Fsp3) is 0.440. The quantitative estimate of drug-likeness (QED) is 0.637. The molecule has 0 unspecified atom stereocenters. The fourth-order valence-corrected chi connectivity index (χ4v) is 4.94. The van der Waals surface area contributed by atoms with Gasteiger partial charge in [0.2, 0.25) is 5.91 Å². The molecule has 2 aliphatic rings. The maximum Gasteiger partial charge on any atom is 0.253 e. The standard InChI is InChI=1S/C25H29N5O3/c1-33-21-9-7-19(8-10-21)26-24(31)17-12-14-29(15-13-17)25(32)18-6-11-23-22(16-18)27-28-30(23)20-4-2-3-5-20/h6-11,16-17,20H,2-5,12-15H2,1H3,(H,26,31). The summed E-state index contributed by atoms with van der Waals surface area (Å²) in [5.74, 6) is 0.627. The van der Waals surface area contributed by atoms with Crippen molar-refractivity contribution in [3.63, 3.8) is 0 Å². The Morgan fingerprint density at radius 2 is 1.73 bits per heavy atom. The Kier molecular flexibility index (Phi) is 5.98. The SMILES string of the molecule is COc1ccc(NC(=O)C2CCN(C(=O)c3ccc4c(c3)nnn4C3CCCC3)CC2)cc1. The zero-order valence-corrected chi connectivity index (χ0v) is 18.9. The number of carbonyl (C=O) groups excluding carboxylic acids is 2. The van der Waals surface area contributed by atoms with E-state index in [1.165, 1.54) is 12.8 Å². The first-order valence-corrected chi connectivity index (χ1v) is 11.7. The number of piperidine rings is 1. The number of aromatic nitrogens is 3. The van der Waals surface area contributed by atoms with Crippen molar-refractivity contribution in [1.82, 2.24) is 19.9 Å². The number of carbonyl (C=O) groups is 2. The molecule has 8 heteroatoms. The van der Waals surface area contributed by atoms with Gasteiger partial charge in [-0.3, -0.25) is 9.59 Å². The zero-order chi connectivity index (χ0) is 22.8. The first-order chi connectivity index (χ1) is 16.1. The number of methoxy groups -OCH3 is 1. The third-order valence-corrected chi connectivity index (χ3v) is 6.90. The third kappa shape index (κ3) is 4.42. The van der Waals surface area contributed by atoms with Gasteiger partial charge in [-0.25, -0.2) is 4.68 Å². The van der Waals surface area contributed by atoms with Gasteiger partial charge in [0, 0.05) is 30.3 Å². The molecular weight excluding hydrogens is 418 g/mol. The van der Waals surface area contributed by atoms with E-state index in [4.69, 9.17) is 4.74 Å². The number of amides is 2. The molecule has 2 fully saturated rings. The highest BCUT2D eigenvalue weighted by Crippen LogP contribution is 2.31. The highest BCUT2D eigenvalue weighted by atomic mass is 16.5. The first kappa shape index (κ1) is 21.4. The van der Waals surface area contributed by atoms with Gasteiger partial charge in [0.15, 0.2) is 0 Å². The highest BCUT2D eigenvalue weighted by Gasteiger charge is 2.28. The Hall–Kier alpha value is -3.42. The van der Waals surface area contributed by atoms with Crippen LogP contribution in [-0.2, 0) is 4.79 Å². The Balaban J connectivity index is 1.19. The fourth-order valence-electron chi connectivity index (χ4n) is 4.94. The summed E-state index contributed by atoms with van der Waals surface area (Å²) in [7, 11) is 1.61. The van der Waals surface area contributed by atoms with Crippen LogP contribution < -0.4 is 10.1 Å². The summed E-state index contributed by atoms with van der Waals surface area (Å²) in [6.07, 6.45) is 6.04. The van der Waals surface area contributed by atoms with Crippen LogP contribution in [0.4, 0.5) is 5.69 Å². The predicted molar refractivity (Wildman–Crippen MR) is 125 cm³/mol. The lowest BCUT2D eigenvalue weighted by molar-refractivity contribution is -0.121. The average Bonchev–Trinajstić information content (AvgIpc) is 3.53. The van der Waals surface area contributed by atoms with Crippen LogP contribution in [0.25, 0.3) is 11.0 Å². The summed E-state index contributed by atoms with van der Waals surface area (Å²) in [5, 5.41) is 11.6. The van der Waals surface area contributed by atoms with Gasteiger partial charge in [-0.1, -0.05) is 18.1 Å². The van der Waals surface area contributed by atoms with Gasteiger partial charge in [-0.15, -0.1) is 5.10 Å². The summed E-state index contributed by atoms with van der Waals surface area (Å²) in [5.41, 5.74) is 3.13. The Labute approximate surface area is 192 Å². The van der Waals surface area contributed by atoms with Crippen molar-refractivity contribution in [2.24, 2.45) is 5.92 Å². The Morgan fingerprint density at radius 1 is 1.00 bits per heavy atom. The molecule has 1 saturated carbocycles. The molecule has 5 rings (SSSR count). The largest absolute Gasteiger partial charge is 0.497 e. The van der Waals surface area contributed by atoms with Crippen molar-refractivity contribution < 1.29 is 14.3 Å². The topological polar surface area (TPSA) is 89.3 Å². The van der Waals surface area contributed by atoms with Gasteiger partial charge < -0.3 is 15.0 Å². The summed E-state index contributed by atoms with van der Waals surface area (Å²) in [4.78, 5) is 27.6. The number of fused-ring (bicyclic) bond motifs is 1. The molecule has 172 valence electrons. The average molecular weight is 448 g/mol. The molecule has 2 amide bonds. The number of ether oxygens (including phenoxy) is 1. The van der Waals surface area contributed by atoms with Crippen LogP contribution in [0.3, 0.4) is 0 Å². The molecule has 1 aliphatic carbocycles. The normalized spacial score (nSPS) is 17.4. The number of likely N-dealkylation sites (tertiary alicyclic amines) is 1. The number of anilines is 1. The molecule has 0 radical (unpaired) electrons. The number of rotatable bonds is 5. The molecule has 1 aromatic heterocycles. The van der Waals surface area contributed by atoms with Crippen LogP contribution >= 0.6 is 0 Å². The molecule has 0 atom stereocenters. The molecule has 2 aromatic carbocycles. The van der Waals surface area contributed by atoms with Gasteiger partial charge in [0.1, 0.15) is 11.3 Å². The van der Waals surface area contributed by atoms with E-state index >= 15 is 0 Å². The smallest absolute Gasteiger partial charge is 0.253 e. The Bertz CT molecular complexity index is 1140. The van der Waals surface area contributed by atoms with Gasteiger partial charge in [0.25, 0.3) is 5.91 Å². The van der Waals surface area contributed by atoms with Crippen LogP contribution in [0.2, 0.25) is 0 Å². The van der Waals surface area contributed by atoms with E-state index in [-0.39, 0.29) is 17.7 Å². The molecule has 2 heterocycles.